The van der Waals surface area contributed by atoms with E-state index in [0.717, 1.165) is 124 Å². The van der Waals surface area contributed by atoms with Crippen molar-refractivity contribution in [2.75, 3.05) is 105 Å². The van der Waals surface area contributed by atoms with Gasteiger partial charge in [-0.3, -0.25) is 0 Å². The van der Waals surface area contributed by atoms with Crippen molar-refractivity contribution in [1.29, 1.82) is 0 Å². The molecule has 0 unspecified atom stereocenters. The van der Waals surface area contributed by atoms with Gasteiger partial charge >= 0.3 is 0 Å². The summed E-state index contributed by atoms with van der Waals surface area (Å²) in [4.78, 5) is 4.97. The molecule has 0 N–H and O–H groups in total. The smallest absolute Gasteiger partial charge is 0.0232 e. The molecular weight excluding hydrogens is 540 g/mol. The molecule has 1 aromatic rings. The third-order valence-corrected chi connectivity index (χ3v) is 6.01. The molecule has 0 spiro atoms. The monoisotopic (exact) mass is 582 g/mol. The zero-order valence-corrected chi connectivity index (χ0v) is 22.8. The van der Waals surface area contributed by atoms with Crippen molar-refractivity contribution >= 4 is 0 Å². The molecule has 0 saturated carbocycles. The molecule has 0 atom stereocenters. The van der Waals surface area contributed by atoms with Crippen molar-refractivity contribution < 1.29 is 34.1 Å². The molecular formula is C25H42Cu2N8-6. The predicted molar refractivity (Wildman–Crippen MR) is 140 cm³/mol. The topological polar surface area (TPSA) is 91.1 Å². The van der Waals surface area contributed by atoms with Crippen LogP contribution in [0.1, 0.15) is 17.5 Å². The van der Waals surface area contributed by atoms with E-state index in [1.54, 1.807) is 0 Å². The van der Waals surface area contributed by atoms with Crippen LogP contribution in [0.15, 0.2) is 24.3 Å². The van der Waals surface area contributed by atoms with Gasteiger partial charge in [-0.1, -0.05) is 30.7 Å². The standard InChI is InChI=1S/C25H42N8.2Cu/c1-6-26-8-11-29-15-19-32(18-14-27-7-1)22-24-2-4-25(5-3-24)23-33-20-16-30-12-9-28-10-13-31-17-21-33;;/h2-5H,1,6-23H2;;/q-6;;/i;2*1+0. The molecule has 2 saturated heterocycles. The summed E-state index contributed by atoms with van der Waals surface area (Å²) in [5.41, 5.74) is 2.72. The Kier molecular flexibility index (Phi) is 20.7. The molecule has 0 aliphatic carbocycles. The molecule has 10 heteroatoms. The summed E-state index contributed by atoms with van der Waals surface area (Å²) in [5.74, 6) is 0. The fraction of sp³-hybridized carbons (Fsp3) is 0.760. The van der Waals surface area contributed by atoms with Gasteiger partial charge in [-0.15, -0.1) is 26.2 Å². The van der Waals surface area contributed by atoms with Crippen LogP contribution in [-0.4, -0.2) is 115 Å². The molecule has 0 amide bonds. The fourth-order valence-corrected chi connectivity index (χ4v) is 4.04. The Labute approximate surface area is 234 Å². The minimum absolute atomic E-state index is 0. The quantitative estimate of drug-likeness (QED) is 0.504. The van der Waals surface area contributed by atoms with E-state index in [1.807, 2.05) is 0 Å². The summed E-state index contributed by atoms with van der Waals surface area (Å²) in [6, 6.07) is 9.15. The van der Waals surface area contributed by atoms with Crippen LogP contribution in [0.2, 0.25) is 0 Å². The second kappa shape index (κ2) is 22.0. The van der Waals surface area contributed by atoms with Gasteiger partial charge in [-0.05, 0) is 37.3 Å². The molecule has 2 heterocycles. The third kappa shape index (κ3) is 15.7. The number of benzene rings is 1. The van der Waals surface area contributed by atoms with Crippen LogP contribution >= 0.6 is 0 Å². The van der Waals surface area contributed by atoms with E-state index in [1.165, 1.54) is 11.1 Å². The molecule has 2 aliphatic rings. The van der Waals surface area contributed by atoms with Gasteiger partial charge in [0.2, 0.25) is 0 Å². The fourth-order valence-electron chi connectivity index (χ4n) is 4.04. The third-order valence-electron chi connectivity index (χ3n) is 6.01. The van der Waals surface area contributed by atoms with Crippen LogP contribution in [-0.2, 0) is 47.2 Å². The summed E-state index contributed by atoms with van der Waals surface area (Å²) >= 11 is 0. The SMILES string of the molecule is [64Cu].[64Cu].c1cc(CN2CC[N-]CC[N-]CC[N-]CC2)ccc1CN1CC[N-]CCC[N-]CC[N-]CC1. The molecule has 210 valence electrons. The second-order valence-electron chi connectivity index (χ2n) is 8.75. The first-order valence-electron chi connectivity index (χ1n) is 12.7. The van der Waals surface area contributed by atoms with E-state index >= 15 is 0 Å². The van der Waals surface area contributed by atoms with Crippen LogP contribution in [0.5, 0.6) is 0 Å². The van der Waals surface area contributed by atoms with Crippen molar-refractivity contribution in [3.05, 3.63) is 67.3 Å². The summed E-state index contributed by atoms with van der Waals surface area (Å²) in [7, 11) is 0. The predicted octanol–water partition coefficient (Wildman–Crippen LogP) is 3.95. The first-order chi connectivity index (χ1) is 16.4. The maximum absolute atomic E-state index is 4.69. The van der Waals surface area contributed by atoms with Crippen LogP contribution in [0.25, 0.3) is 31.9 Å². The first-order valence-corrected chi connectivity index (χ1v) is 12.7. The maximum atomic E-state index is 4.69. The normalized spacial score (nSPS) is 21.5. The molecule has 2 radical (unpaired) electrons. The van der Waals surface area contributed by atoms with Gasteiger partial charge in [0, 0.05) is 47.2 Å². The van der Waals surface area contributed by atoms with Crippen LogP contribution < -0.4 is 0 Å². The van der Waals surface area contributed by atoms with E-state index in [0.29, 0.717) is 0 Å². The van der Waals surface area contributed by atoms with E-state index in [2.05, 4.69) is 66.0 Å². The maximum Gasteiger partial charge on any atom is 0.0232 e. The number of hydrogen-bond donors (Lipinski definition) is 0. The number of hydrogen-bond acceptors (Lipinski definition) is 2. The van der Waals surface area contributed by atoms with Crippen molar-refractivity contribution in [3.63, 3.8) is 0 Å². The zero-order valence-electron chi connectivity index (χ0n) is 20.9. The Hall–Kier alpha value is -0.0610. The molecule has 8 nitrogen and oxygen atoms in total. The molecule has 0 aromatic heterocycles. The van der Waals surface area contributed by atoms with Gasteiger partial charge in [-0.2, -0.15) is 52.4 Å². The van der Waals surface area contributed by atoms with Gasteiger partial charge in [0.15, 0.2) is 0 Å². The summed E-state index contributed by atoms with van der Waals surface area (Å²) in [6.07, 6.45) is 1.07. The summed E-state index contributed by atoms with van der Waals surface area (Å²) in [5, 5.41) is 27.6. The summed E-state index contributed by atoms with van der Waals surface area (Å²) < 4.78 is 0. The van der Waals surface area contributed by atoms with Crippen molar-refractivity contribution in [3.8, 4) is 0 Å². The molecule has 2 fully saturated rings. The largest absolute Gasteiger partial charge is 0.665 e. The van der Waals surface area contributed by atoms with Crippen LogP contribution in [0.3, 0.4) is 0 Å². The Bertz CT molecular complexity index is 582. The van der Waals surface area contributed by atoms with Gasteiger partial charge < -0.3 is 41.7 Å². The number of rotatable bonds is 4. The Morgan fingerprint density at radius 2 is 0.714 bits per heavy atom. The molecule has 3 rings (SSSR count). The second-order valence-corrected chi connectivity index (χ2v) is 8.75. The number of nitrogens with zero attached hydrogens (tertiary/aromatic N) is 8. The Balaban J connectivity index is 0.00000306. The van der Waals surface area contributed by atoms with Crippen LogP contribution in [0, 0.1) is 0 Å². The molecule has 1 aromatic carbocycles. The Morgan fingerprint density at radius 1 is 0.429 bits per heavy atom. The van der Waals surface area contributed by atoms with Crippen LogP contribution in [0.4, 0.5) is 0 Å². The molecule has 0 bridgehead atoms. The van der Waals surface area contributed by atoms with Crippen molar-refractivity contribution in [1.82, 2.24) is 9.80 Å². The molecule has 35 heavy (non-hydrogen) atoms. The minimum Gasteiger partial charge on any atom is -0.665 e. The van der Waals surface area contributed by atoms with E-state index in [9.17, 15) is 0 Å². The molecule has 2 aliphatic heterocycles. The zero-order chi connectivity index (χ0) is 22.8. The first kappa shape index (κ1) is 33.0. The minimum atomic E-state index is 0. The van der Waals surface area contributed by atoms with Gasteiger partial charge in [0.05, 0.1) is 0 Å². The van der Waals surface area contributed by atoms with Crippen molar-refractivity contribution in [2.24, 2.45) is 0 Å². The van der Waals surface area contributed by atoms with Gasteiger partial charge in [0.1, 0.15) is 0 Å². The van der Waals surface area contributed by atoms with Gasteiger partial charge in [-0.25, -0.2) is 0 Å². The average Bonchev–Trinajstić information content (AvgIpc) is 2.84. The van der Waals surface area contributed by atoms with Gasteiger partial charge in [0.25, 0.3) is 0 Å². The van der Waals surface area contributed by atoms with E-state index < -0.39 is 0 Å². The Morgan fingerprint density at radius 3 is 1.09 bits per heavy atom. The van der Waals surface area contributed by atoms with Crippen molar-refractivity contribution in [2.45, 2.75) is 19.5 Å². The average molecular weight is 583 g/mol. The van der Waals surface area contributed by atoms with E-state index in [-0.39, 0.29) is 34.1 Å². The van der Waals surface area contributed by atoms with E-state index in [4.69, 9.17) is 0 Å². The summed E-state index contributed by atoms with van der Waals surface area (Å²) in [6.45, 7) is 16.4.